The summed E-state index contributed by atoms with van der Waals surface area (Å²) in [5.41, 5.74) is 0.888. The number of rotatable bonds is 6. The quantitative estimate of drug-likeness (QED) is 0.763. The Morgan fingerprint density at radius 2 is 2.40 bits per heavy atom. The van der Waals surface area contributed by atoms with Crippen LogP contribution in [0.25, 0.3) is 0 Å². The van der Waals surface area contributed by atoms with E-state index in [2.05, 4.69) is 15.5 Å². The Bertz CT molecular complexity index is 814. The monoisotopic (exact) mass is 366 g/mol. The van der Waals surface area contributed by atoms with E-state index in [9.17, 15) is 14.0 Å². The summed E-state index contributed by atoms with van der Waals surface area (Å²) < 4.78 is 20.3. The van der Waals surface area contributed by atoms with E-state index in [0.29, 0.717) is 24.0 Å². The van der Waals surface area contributed by atoms with Gasteiger partial charge in [-0.15, -0.1) is 5.10 Å². The van der Waals surface area contributed by atoms with Crippen molar-refractivity contribution in [3.8, 4) is 0 Å². The average molecular weight is 366 g/mol. The number of anilines is 1. The summed E-state index contributed by atoms with van der Waals surface area (Å²) in [7, 11) is 0. The van der Waals surface area contributed by atoms with Crippen LogP contribution in [0, 0.1) is 12.7 Å². The lowest BCUT2D eigenvalue weighted by atomic mass is 10.2. The summed E-state index contributed by atoms with van der Waals surface area (Å²) in [6, 6.07) is 4.22. The maximum absolute atomic E-state index is 13.3. The highest BCUT2D eigenvalue weighted by atomic mass is 32.2. The number of aryl methyl sites for hydroxylation is 1. The van der Waals surface area contributed by atoms with Crippen LogP contribution in [0.2, 0.25) is 0 Å². The van der Waals surface area contributed by atoms with Gasteiger partial charge in [-0.05, 0) is 37.5 Å². The second kappa shape index (κ2) is 7.83. The molecule has 2 aromatic rings. The van der Waals surface area contributed by atoms with Crippen molar-refractivity contribution in [1.82, 2.24) is 14.8 Å². The molecule has 7 nitrogen and oxygen atoms in total. The number of benzene rings is 1. The van der Waals surface area contributed by atoms with Crippen LogP contribution in [0.3, 0.4) is 0 Å². The molecule has 134 valence electrons. The molecular weight excluding hydrogens is 347 g/mol. The van der Waals surface area contributed by atoms with Crippen LogP contribution >= 0.6 is 11.8 Å². The number of carbonyl (C=O) groups excluding carboxylic acids is 1. The van der Waals surface area contributed by atoms with Crippen LogP contribution in [-0.4, -0.2) is 39.1 Å². The molecule has 1 amide bonds. The summed E-state index contributed by atoms with van der Waals surface area (Å²) in [5, 5.41) is 9.47. The van der Waals surface area contributed by atoms with Crippen LogP contribution in [0.4, 0.5) is 10.1 Å². The molecule has 0 bridgehead atoms. The van der Waals surface area contributed by atoms with Crippen molar-refractivity contribution >= 4 is 23.4 Å². The van der Waals surface area contributed by atoms with Gasteiger partial charge in [0.25, 0.3) is 0 Å². The molecule has 0 radical (unpaired) electrons. The molecule has 2 heterocycles. The molecule has 0 unspecified atom stereocenters. The molecule has 0 spiro atoms. The molecule has 25 heavy (non-hydrogen) atoms. The zero-order valence-electron chi connectivity index (χ0n) is 13.8. The van der Waals surface area contributed by atoms with Gasteiger partial charge in [0.15, 0.2) is 5.16 Å². The maximum atomic E-state index is 13.3. The maximum Gasteiger partial charge on any atom is 0.344 e. The molecule has 9 heteroatoms. The number of aromatic nitrogens is 3. The van der Waals surface area contributed by atoms with Gasteiger partial charge < -0.3 is 10.1 Å². The predicted octanol–water partition coefficient (Wildman–Crippen LogP) is 1.93. The topological polar surface area (TPSA) is 89.0 Å². The minimum atomic E-state index is -0.411. The minimum Gasteiger partial charge on any atom is -0.376 e. The van der Waals surface area contributed by atoms with E-state index in [1.165, 1.54) is 16.7 Å². The Morgan fingerprint density at radius 1 is 1.56 bits per heavy atom. The Labute approximate surface area is 148 Å². The van der Waals surface area contributed by atoms with E-state index in [4.69, 9.17) is 4.74 Å². The Kier molecular flexibility index (Phi) is 5.54. The van der Waals surface area contributed by atoms with E-state index < -0.39 is 5.82 Å². The van der Waals surface area contributed by atoms with Crippen molar-refractivity contribution in [3.63, 3.8) is 0 Å². The lowest BCUT2D eigenvalue weighted by molar-refractivity contribution is -0.113. The smallest absolute Gasteiger partial charge is 0.344 e. The second-order valence-corrected chi connectivity index (χ2v) is 6.80. The van der Waals surface area contributed by atoms with Crippen molar-refractivity contribution in [2.24, 2.45) is 0 Å². The van der Waals surface area contributed by atoms with Gasteiger partial charge in [-0.1, -0.05) is 17.8 Å². The number of halogens is 1. The number of H-pyrrole nitrogens is 1. The number of hydrogen-bond acceptors (Lipinski definition) is 5. The van der Waals surface area contributed by atoms with Crippen molar-refractivity contribution in [2.45, 2.75) is 37.6 Å². The summed E-state index contributed by atoms with van der Waals surface area (Å²) in [5.74, 6) is -0.643. The highest BCUT2D eigenvalue weighted by Gasteiger charge is 2.20. The fraction of sp³-hybridized carbons (Fsp3) is 0.438. The van der Waals surface area contributed by atoms with Gasteiger partial charge in [-0.3, -0.25) is 9.36 Å². The Balaban J connectivity index is 1.60. The first-order chi connectivity index (χ1) is 12.0. The number of aromatic amines is 1. The average Bonchev–Trinajstić information content (AvgIpc) is 3.21. The molecule has 1 aliphatic heterocycles. The number of nitrogens with one attached hydrogen (secondary N) is 2. The van der Waals surface area contributed by atoms with Crippen LogP contribution in [-0.2, 0) is 16.1 Å². The highest BCUT2D eigenvalue weighted by molar-refractivity contribution is 7.99. The lowest BCUT2D eigenvalue weighted by Gasteiger charge is -2.11. The number of thioether (sulfide) groups is 1. The minimum absolute atomic E-state index is 0.00146. The lowest BCUT2D eigenvalue weighted by Crippen LogP contribution is -2.25. The van der Waals surface area contributed by atoms with Crippen LogP contribution in [0.1, 0.15) is 18.4 Å². The molecule has 1 saturated heterocycles. The number of nitrogens with zero attached hydrogens (tertiary/aromatic N) is 2. The van der Waals surface area contributed by atoms with Crippen molar-refractivity contribution in [1.29, 1.82) is 0 Å². The summed E-state index contributed by atoms with van der Waals surface area (Å²) in [6.45, 7) is 2.91. The summed E-state index contributed by atoms with van der Waals surface area (Å²) >= 11 is 1.15. The fourth-order valence-electron chi connectivity index (χ4n) is 2.61. The molecule has 0 aliphatic carbocycles. The normalized spacial score (nSPS) is 17.0. The summed E-state index contributed by atoms with van der Waals surface area (Å²) in [4.78, 5) is 24.0. The largest absolute Gasteiger partial charge is 0.376 e. The Hall–Kier alpha value is -2.13. The van der Waals surface area contributed by atoms with Gasteiger partial charge in [0, 0.05) is 12.3 Å². The number of amides is 1. The summed E-state index contributed by atoms with van der Waals surface area (Å²) in [6.07, 6.45) is 1.88. The van der Waals surface area contributed by atoms with Gasteiger partial charge in [0.2, 0.25) is 5.91 Å². The second-order valence-electron chi connectivity index (χ2n) is 5.85. The van der Waals surface area contributed by atoms with Gasteiger partial charge in [0.1, 0.15) is 5.82 Å². The molecule has 1 aromatic heterocycles. The van der Waals surface area contributed by atoms with Gasteiger partial charge >= 0.3 is 5.69 Å². The number of carbonyl (C=O) groups is 1. The fourth-order valence-corrected chi connectivity index (χ4v) is 3.37. The van der Waals surface area contributed by atoms with E-state index in [0.717, 1.165) is 30.2 Å². The molecular formula is C16H19FN4O3S. The van der Waals surface area contributed by atoms with E-state index in [-0.39, 0.29) is 23.5 Å². The van der Waals surface area contributed by atoms with Crippen molar-refractivity contribution < 1.29 is 13.9 Å². The molecule has 1 aliphatic rings. The van der Waals surface area contributed by atoms with E-state index in [1.54, 1.807) is 13.0 Å². The highest BCUT2D eigenvalue weighted by Crippen LogP contribution is 2.20. The van der Waals surface area contributed by atoms with Crippen molar-refractivity contribution in [3.05, 3.63) is 40.1 Å². The third-order valence-electron chi connectivity index (χ3n) is 3.94. The first-order valence-corrected chi connectivity index (χ1v) is 8.97. The first-order valence-electron chi connectivity index (χ1n) is 7.98. The van der Waals surface area contributed by atoms with Gasteiger partial charge in [0.05, 0.1) is 18.4 Å². The molecule has 1 aromatic carbocycles. The third-order valence-corrected chi connectivity index (χ3v) is 4.92. The first kappa shape index (κ1) is 17.7. The number of hydrogen-bond donors (Lipinski definition) is 2. The molecule has 2 N–H and O–H groups in total. The van der Waals surface area contributed by atoms with Crippen LogP contribution < -0.4 is 11.0 Å². The van der Waals surface area contributed by atoms with Crippen molar-refractivity contribution in [2.75, 3.05) is 17.7 Å². The van der Waals surface area contributed by atoms with Gasteiger partial charge in [-0.2, -0.15) is 0 Å². The van der Waals surface area contributed by atoms with E-state index in [1.807, 2.05) is 0 Å². The predicted molar refractivity (Wildman–Crippen MR) is 92.3 cm³/mol. The van der Waals surface area contributed by atoms with Gasteiger partial charge in [-0.25, -0.2) is 14.3 Å². The molecule has 1 atom stereocenters. The third kappa shape index (κ3) is 4.49. The van der Waals surface area contributed by atoms with Crippen LogP contribution in [0.5, 0.6) is 0 Å². The molecule has 0 saturated carbocycles. The number of ether oxygens (including phenoxy) is 1. The van der Waals surface area contributed by atoms with Crippen LogP contribution in [0.15, 0.2) is 28.2 Å². The standard InChI is InChI=1S/C16H19FN4O3S/c1-10-4-5-11(17)7-13(10)18-14(22)9-25-16-20-19-15(23)21(16)8-12-3-2-6-24-12/h4-5,7,12H,2-3,6,8-9H2,1H3,(H,18,22)(H,19,23)/t12-/m0/s1. The SMILES string of the molecule is Cc1ccc(F)cc1NC(=O)CSc1n[nH]c(=O)n1C[C@@H]1CCCO1. The Morgan fingerprint density at radius 3 is 3.16 bits per heavy atom. The molecule has 3 rings (SSSR count). The zero-order chi connectivity index (χ0) is 17.8. The zero-order valence-corrected chi connectivity index (χ0v) is 14.6. The van der Waals surface area contributed by atoms with E-state index >= 15 is 0 Å². The molecule has 1 fully saturated rings.